The van der Waals surface area contributed by atoms with Crippen molar-refractivity contribution < 1.29 is 18.3 Å². The van der Waals surface area contributed by atoms with Crippen molar-refractivity contribution in [2.45, 2.75) is 50.7 Å². The quantitative estimate of drug-likeness (QED) is 0.537. The average Bonchev–Trinajstić information content (AvgIpc) is 3.30. The van der Waals surface area contributed by atoms with Gasteiger partial charge in [0.25, 0.3) is 0 Å². The molecule has 4 nitrogen and oxygen atoms in total. The Kier molecular flexibility index (Phi) is 6.50. The van der Waals surface area contributed by atoms with Gasteiger partial charge in [-0.2, -0.15) is 13.2 Å². The first kappa shape index (κ1) is 23.5. The highest BCUT2D eigenvalue weighted by Gasteiger charge is 2.38. The number of nitrogens with zero attached hydrogens (tertiary/aromatic N) is 3. The van der Waals surface area contributed by atoms with Gasteiger partial charge in [-0.15, -0.1) is 11.3 Å². The highest BCUT2D eigenvalue weighted by Crippen LogP contribution is 2.36. The van der Waals surface area contributed by atoms with E-state index >= 15 is 0 Å². The molecule has 3 aromatic rings. The van der Waals surface area contributed by atoms with Gasteiger partial charge in [-0.1, -0.05) is 42.5 Å². The first-order chi connectivity index (χ1) is 16.3. The summed E-state index contributed by atoms with van der Waals surface area (Å²) in [5, 5.41) is 14.2. The van der Waals surface area contributed by atoms with E-state index in [2.05, 4.69) is 29.2 Å². The van der Waals surface area contributed by atoms with Crippen molar-refractivity contribution in [1.29, 1.82) is 0 Å². The van der Waals surface area contributed by atoms with E-state index < -0.39 is 17.3 Å². The molecule has 3 heterocycles. The molecule has 1 fully saturated rings. The van der Waals surface area contributed by atoms with Crippen LogP contribution in [-0.2, 0) is 37.8 Å². The van der Waals surface area contributed by atoms with E-state index in [1.807, 2.05) is 10.3 Å². The van der Waals surface area contributed by atoms with Gasteiger partial charge in [-0.3, -0.25) is 9.80 Å². The van der Waals surface area contributed by atoms with Gasteiger partial charge in [0, 0.05) is 38.1 Å². The van der Waals surface area contributed by atoms with Gasteiger partial charge in [-0.25, -0.2) is 4.98 Å². The topological polar surface area (TPSA) is 39.6 Å². The van der Waals surface area contributed by atoms with E-state index in [0.29, 0.717) is 31.6 Å². The predicted octanol–water partition coefficient (Wildman–Crippen LogP) is 5.20. The second-order valence-electron chi connectivity index (χ2n) is 9.32. The van der Waals surface area contributed by atoms with Gasteiger partial charge in [0.2, 0.25) is 0 Å². The van der Waals surface area contributed by atoms with Crippen LogP contribution in [-0.4, -0.2) is 39.5 Å². The maximum Gasteiger partial charge on any atom is 0.416 e. The summed E-state index contributed by atoms with van der Waals surface area (Å²) in [4.78, 5) is 9.14. The van der Waals surface area contributed by atoms with Crippen molar-refractivity contribution in [3.63, 3.8) is 0 Å². The number of alkyl halides is 3. The Morgan fingerprint density at radius 1 is 0.912 bits per heavy atom. The summed E-state index contributed by atoms with van der Waals surface area (Å²) in [7, 11) is 0. The van der Waals surface area contributed by atoms with Gasteiger partial charge in [0.05, 0.1) is 17.8 Å². The first-order valence-electron chi connectivity index (χ1n) is 11.6. The molecule has 0 unspecified atom stereocenters. The van der Waals surface area contributed by atoms with Gasteiger partial charge < -0.3 is 5.11 Å². The van der Waals surface area contributed by atoms with Crippen LogP contribution in [0.25, 0.3) is 0 Å². The number of hydrogen-bond acceptors (Lipinski definition) is 5. The van der Waals surface area contributed by atoms with E-state index in [9.17, 15) is 18.3 Å². The minimum atomic E-state index is -4.36. The zero-order valence-corrected chi connectivity index (χ0v) is 19.7. The molecule has 34 heavy (non-hydrogen) atoms. The molecule has 2 aliphatic rings. The van der Waals surface area contributed by atoms with E-state index in [1.165, 1.54) is 23.3 Å². The zero-order chi connectivity index (χ0) is 23.8. The second kappa shape index (κ2) is 9.41. The molecule has 0 saturated carbocycles. The molecule has 0 amide bonds. The van der Waals surface area contributed by atoms with E-state index in [0.717, 1.165) is 37.1 Å². The number of hydrogen-bond donors (Lipinski definition) is 1. The molecule has 1 aromatic heterocycles. The van der Waals surface area contributed by atoms with Crippen LogP contribution in [0.3, 0.4) is 0 Å². The van der Waals surface area contributed by atoms with Crippen LogP contribution in [0.1, 0.15) is 45.8 Å². The summed E-state index contributed by atoms with van der Waals surface area (Å²) in [6.07, 6.45) is -2.41. The number of rotatable bonds is 5. The molecular formula is C26H28F3N3OS. The van der Waals surface area contributed by atoms with Crippen molar-refractivity contribution in [3.8, 4) is 0 Å². The summed E-state index contributed by atoms with van der Waals surface area (Å²) in [5.74, 6) is 0. The Morgan fingerprint density at radius 3 is 2.38 bits per heavy atom. The number of aromatic nitrogens is 1. The third-order valence-corrected chi connectivity index (χ3v) is 7.83. The third-order valence-electron chi connectivity index (χ3n) is 7.00. The van der Waals surface area contributed by atoms with E-state index in [4.69, 9.17) is 4.98 Å². The maximum absolute atomic E-state index is 13.3. The molecule has 0 bridgehead atoms. The van der Waals surface area contributed by atoms with Crippen LogP contribution in [0.15, 0.2) is 53.9 Å². The summed E-state index contributed by atoms with van der Waals surface area (Å²) in [5.41, 5.74) is 2.14. The van der Waals surface area contributed by atoms with Crippen molar-refractivity contribution >= 4 is 11.3 Å². The van der Waals surface area contributed by atoms with Crippen molar-refractivity contribution in [1.82, 2.24) is 14.8 Å². The number of thiazole rings is 1. The lowest BCUT2D eigenvalue weighted by molar-refractivity contribution is -0.138. The maximum atomic E-state index is 13.3. The van der Waals surface area contributed by atoms with Crippen LogP contribution in [0, 0.1) is 0 Å². The largest absolute Gasteiger partial charge is 0.416 e. The number of fused-ring (bicyclic) bond motifs is 1. The third kappa shape index (κ3) is 5.05. The van der Waals surface area contributed by atoms with E-state index in [1.54, 1.807) is 17.4 Å². The van der Waals surface area contributed by atoms with E-state index in [-0.39, 0.29) is 12.1 Å². The Morgan fingerprint density at radius 2 is 1.62 bits per heavy atom. The minimum Gasteiger partial charge on any atom is -0.383 e. The highest BCUT2D eigenvalue weighted by molar-refractivity contribution is 7.09. The molecule has 2 aromatic carbocycles. The van der Waals surface area contributed by atoms with Crippen molar-refractivity contribution in [3.05, 3.63) is 86.9 Å². The summed E-state index contributed by atoms with van der Waals surface area (Å²) in [6.45, 7) is 3.94. The Bertz CT molecular complexity index is 1140. The first-order valence-corrected chi connectivity index (χ1v) is 12.5. The van der Waals surface area contributed by atoms with Gasteiger partial charge in [-0.05, 0) is 42.0 Å². The molecule has 0 radical (unpaired) electrons. The lowest BCUT2D eigenvalue weighted by Gasteiger charge is -2.37. The summed E-state index contributed by atoms with van der Waals surface area (Å²) >= 11 is 1.57. The SMILES string of the molecule is OC1(c2csc(CN3CCc4ccccc4C3)n2)CCN(Cc2ccccc2C(F)(F)F)CC1. The molecule has 0 spiro atoms. The highest BCUT2D eigenvalue weighted by atomic mass is 32.1. The van der Waals surface area contributed by atoms with Gasteiger partial charge in [0.15, 0.2) is 0 Å². The lowest BCUT2D eigenvalue weighted by atomic mass is 9.88. The fourth-order valence-corrected chi connectivity index (χ4v) is 5.92. The molecule has 0 atom stereocenters. The number of piperidine rings is 1. The van der Waals surface area contributed by atoms with Gasteiger partial charge >= 0.3 is 6.18 Å². The molecule has 0 aliphatic carbocycles. The molecule has 2 aliphatic heterocycles. The van der Waals surface area contributed by atoms with Crippen molar-refractivity contribution in [2.75, 3.05) is 19.6 Å². The Balaban J connectivity index is 1.19. The monoisotopic (exact) mass is 487 g/mol. The number of likely N-dealkylation sites (tertiary alicyclic amines) is 1. The predicted molar refractivity (Wildman–Crippen MR) is 126 cm³/mol. The lowest BCUT2D eigenvalue weighted by Crippen LogP contribution is -2.42. The molecule has 180 valence electrons. The average molecular weight is 488 g/mol. The van der Waals surface area contributed by atoms with Crippen LogP contribution >= 0.6 is 11.3 Å². The van der Waals surface area contributed by atoms with Gasteiger partial charge in [0.1, 0.15) is 10.6 Å². The van der Waals surface area contributed by atoms with Crippen LogP contribution in [0.5, 0.6) is 0 Å². The fourth-order valence-electron chi connectivity index (χ4n) is 4.99. The van der Waals surface area contributed by atoms with Crippen LogP contribution < -0.4 is 0 Å². The zero-order valence-electron chi connectivity index (χ0n) is 18.9. The molecule has 5 rings (SSSR count). The van der Waals surface area contributed by atoms with Crippen LogP contribution in [0.2, 0.25) is 0 Å². The number of halogens is 3. The van der Waals surface area contributed by atoms with Crippen molar-refractivity contribution in [2.24, 2.45) is 0 Å². The Hall–Kier alpha value is -2.26. The Labute approximate surface area is 201 Å². The fraction of sp³-hybridized carbons (Fsp3) is 0.423. The smallest absolute Gasteiger partial charge is 0.383 e. The summed E-state index contributed by atoms with van der Waals surface area (Å²) in [6, 6.07) is 14.3. The molecule has 8 heteroatoms. The number of aliphatic hydroxyl groups is 1. The molecular weight excluding hydrogens is 459 g/mol. The molecule has 1 saturated heterocycles. The summed E-state index contributed by atoms with van der Waals surface area (Å²) < 4.78 is 40.0. The minimum absolute atomic E-state index is 0.227. The number of benzene rings is 2. The standard InChI is InChI=1S/C26H28F3N3OS/c27-26(28,29)22-8-4-3-7-21(22)16-31-13-10-25(33,11-14-31)23-18-34-24(30-23)17-32-12-9-19-5-1-2-6-20(19)15-32/h1-8,18,33H,9-17H2. The van der Waals surface area contributed by atoms with Crippen LogP contribution in [0.4, 0.5) is 13.2 Å². The normalized spacial score (nSPS) is 19.2. The molecule has 1 N–H and O–H groups in total. The second-order valence-corrected chi connectivity index (χ2v) is 10.3.